The Labute approximate surface area is 112 Å². The average Bonchev–Trinajstić information content (AvgIpc) is 2.71. The highest BCUT2D eigenvalue weighted by Gasteiger charge is 2.11. The second-order valence-corrected chi connectivity index (χ2v) is 5.79. The van der Waals surface area contributed by atoms with E-state index in [2.05, 4.69) is 51.6 Å². The molecular weight excluding hydrogens is 339 g/mol. The van der Waals surface area contributed by atoms with Crippen LogP contribution in [0.1, 0.15) is 16.5 Å². The van der Waals surface area contributed by atoms with Crippen molar-refractivity contribution in [2.75, 3.05) is 0 Å². The van der Waals surface area contributed by atoms with Gasteiger partial charge < -0.3 is 0 Å². The molecule has 0 nitrogen and oxygen atoms in total. The summed E-state index contributed by atoms with van der Waals surface area (Å²) in [6.07, 6.45) is 0.908. The van der Waals surface area contributed by atoms with Gasteiger partial charge in [0.2, 0.25) is 0 Å². The van der Waals surface area contributed by atoms with Crippen LogP contribution in [0.15, 0.2) is 41.1 Å². The van der Waals surface area contributed by atoms with E-state index in [9.17, 15) is 0 Å². The van der Waals surface area contributed by atoms with Gasteiger partial charge in [-0.2, -0.15) is 11.3 Å². The number of hydrogen-bond donors (Lipinski definition) is 0. The zero-order chi connectivity index (χ0) is 10.7. The Morgan fingerprint density at radius 3 is 2.73 bits per heavy atom. The second-order valence-electron chi connectivity index (χ2n) is 3.32. The van der Waals surface area contributed by atoms with Crippen LogP contribution in [0, 0.1) is 3.57 Å². The van der Waals surface area contributed by atoms with E-state index in [1.165, 1.54) is 14.7 Å². The Kier molecular flexibility index (Phi) is 4.05. The Morgan fingerprint density at radius 1 is 1.27 bits per heavy atom. The SMILES string of the molecule is ClC(Cc1ccsc1)c1ccccc1I. The molecule has 0 aliphatic carbocycles. The summed E-state index contributed by atoms with van der Waals surface area (Å²) in [6, 6.07) is 10.4. The first kappa shape index (κ1) is 11.4. The monoisotopic (exact) mass is 348 g/mol. The largest absolute Gasteiger partial charge is 0.152 e. The minimum Gasteiger partial charge on any atom is -0.152 e. The fourth-order valence-electron chi connectivity index (χ4n) is 1.45. The van der Waals surface area contributed by atoms with Crippen molar-refractivity contribution in [1.82, 2.24) is 0 Å². The normalized spacial score (nSPS) is 12.7. The number of halogens is 2. The standard InChI is InChI=1S/C12H10ClIS/c13-11(7-9-5-6-15-8-9)10-3-1-2-4-12(10)14/h1-6,8,11H,7H2. The molecule has 1 unspecified atom stereocenters. The van der Waals surface area contributed by atoms with Crippen LogP contribution in [0.3, 0.4) is 0 Å². The highest BCUT2D eigenvalue weighted by molar-refractivity contribution is 14.1. The van der Waals surface area contributed by atoms with E-state index in [4.69, 9.17) is 11.6 Å². The second kappa shape index (κ2) is 5.32. The summed E-state index contributed by atoms with van der Waals surface area (Å²) in [5, 5.41) is 4.33. The zero-order valence-electron chi connectivity index (χ0n) is 7.99. The lowest BCUT2D eigenvalue weighted by Crippen LogP contribution is -1.97. The molecule has 2 rings (SSSR count). The molecule has 1 heterocycles. The molecule has 0 saturated carbocycles. The first-order chi connectivity index (χ1) is 7.27. The van der Waals surface area contributed by atoms with Crippen LogP contribution in [0.2, 0.25) is 0 Å². The lowest BCUT2D eigenvalue weighted by Gasteiger charge is -2.10. The van der Waals surface area contributed by atoms with Crippen molar-refractivity contribution in [2.24, 2.45) is 0 Å². The first-order valence-electron chi connectivity index (χ1n) is 4.67. The van der Waals surface area contributed by atoms with Crippen molar-refractivity contribution in [3.63, 3.8) is 0 Å². The minimum absolute atomic E-state index is 0.0766. The molecule has 0 fully saturated rings. The molecule has 1 aromatic heterocycles. The maximum absolute atomic E-state index is 6.40. The summed E-state index contributed by atoms with van der Waals surface area (Å²) in [5.41, 5.74) is 2.55. The fourth-order valence-corrected chi connectivity index (χ4v) is 3.45. The number of benzene rings is 1. The van der Waals surface area contributed by atoms with E-state index in [0.29, 0.717) is 0 Å². The molecule has 0 aliphatic heterocycles. The Morgan fingerprint density at radius 2 is 2.07 bits per heavy atom. The van der Waals surface area contributed by atoms with Gasteiger partial charge in [-0.05, 0) is 63.0 Å². The van der Waals surface area contributed by atoms with Gasteiger partial charge in [0, 0.05) is 3.57 Å². The molecule has 0 radical (unpaired) electrons. The third-order valence-corrected chi connectivity index (χ3v) is 4.34. The minimum atomic E-state index is 0.0766. The van der Waals surface area contributed by atoms with Crippen molar-refractivity contribution < 1.29 is 0 Å². The molecule has 1 atom stereocenters. The zero-order valence-corrected chi connectivity index (χ0v) is 11.7. The molecule has 0 spiro atoms. The Hall–Kier alpha value is -0.0600. The van der Waals surface area contributed by atoms with Crippen LogP contribution in [0.25, 0.3) is 0 Å². The first-order valence-corrected chi connectivity index (χ1v) is 7.13. The number of thiophene rings is 1. The summed E-state index contributed by atoms with van der Waals surface area (Å²) >= 11 is 10.5. The van der Waals surface area contributed by atoms with Gasteiger partial charge in [-0.1, -0.05) is 18.2 Å². The fraction of sp³-hybridized carbons (Fsp3) is 0.167. The van der Waals surface area contributed by atoms with Crippen LogP contribution >= 0.6 is 45.5 Å². The van der Waals surface area contributed by atoms with Crippen LogP contribution in [0.5, 0.6) is 0 Å². The third-order valence-electron chi connectivity index (χ3n) is 2.24. The van der Waals surface area contributed by atoms with Crippen LogP contribution in [0.4, 0.5) is 0 Å². The highest BCUT2D eigenvalue weighted by atomic mass is 127. The van der Waals surface area contributed by atoms with Gasteiger partial charge in [-0.3, -0.25) is 0 Å². The van der Waals surface area contributed by atoms with Crippen molar-refractivity contribution in [3.05, 3.63) is 55.8 Å². The molecule has 78 valence electrons. The molecule has 15 heavy (non-hydrogen) atoms. The topological polar surface area (TPSA) is 0 Å². The van der Waals surface area contributed by atoms with Crippen molar-refractivity contribution >= 4 is 45.5 Å². The van der Waals surface area contributed by atoms with Gasteiger partial charge in [0.05, 0.1) is 5.38 Å². The highest BCUT2D eigenvalue weighted by Crippen LogP contribution is 2.29. The summed E-state index contributed by atoms with van der Waals surface area (Å²) < 4.78 is 1.24. The van der Waals surface area contributed by atoms with Crippen molar-refractivity contribution in [2.45, 2.75) is 11.8 Å². The lowest BCUT2D eigenvalue weighted by atomic mass is 10.1. The third kappa shape index (κ3) is 2.95. The van der Waals surface area contributed by atoms with Crippen molar-refractivity contribution in [3.8, 4) is 0 Å². The summed E-state index contributed by atoms with van der Waals surface area (Å²) in [7, 11) is 0. The maximum Gasteiger partial charge on any atom is 0.0636 e. The van der Waals surface area contributed by atoms with E-state index >= 15 is 0 Å². The number of rotatable bonds is 3. The summed E-state index contributed by atoms with van der Waals surface area (Å²) in [5.74, 6) is 0. The Balaban J connectivity index is 2.15. The molecule has 0 bridgehead atoms. The van der Waals surface area contributed by atoms with Gasteiger partial charge in [0.1, 0.15) is 0 Å². The smallest absolute Gasteiger partial charge is 0.0636 e. The van der Waals surface area contributed by atoms with Gasteiger partial charge in [-0.25, -0.2) is 0 Å². The number of alkyl halides is 1. The molecule has 1 aromatic carbocycles. The van der Waals surface area contributed by atoms with E-state index in [1.54, 1.807) is 11.3 Å². The van der Waals surface area contributed by atoms with Crippen molar-refractivity contribution in [1.29, 1.82) is 0 Å². The quantitative estimate of drug-likeness (QED) is 0.548. The molecule has 0 aliphatic rings. The molecule has 3 heteroatoms. The van der Waals surface area contributed by atoms with Crippen LogP contribution in [-0.4, -0.2) is 0 Å². The Bertz CT molecular complexity index is 425. The predicted molar refractivity (Wildman–Crippen MR) is 75.8 cm³/mol. The molecular formula is C12H10ClIS. The van der Waals surface area contributed by atoms with E-state index < -0.39 is 0 Å². The van der Waals surface area contributed by atoms with E-state index in [0.717, 1.165) is 6.42 Å². The molecule has 2 aromatic rings. The van der Waals surface area contributed by atoms with Gasteiger partial charge in [-0.15, -0.1) is 11.6 Å². The predicted octanol–water partition coefficient (Wildman–Crippen LogP) is 4.88. The van der Waals surface area contributed by atoms with Gasteiger partial charge >= 0.3 is 0 Å². The molecule has 0 saturated heterocycles. The summed E-state index contributed by atoms with van der Waals surface area (Å²) in [6.45, 7) is 0. The molecule has 0 amide bonds. The van der Waals surface area contributed by atoms with Crippen LogP contribution in [-0.2, 0) is 6.42 Å². The van der Waals surface area contributed by atoms with E-state index in [1.807, 2.05) is 12.1 Å². The van der Waals surface area contributed by atoms with E-state index in [-0.39, 0.29) is 5.38 Å². The van der Waals surface area contributed by atoms with Crippen LogP contribution < -0.4 is 0 Å². The maximum atomic E-state index is 6.40. The van der Waals surface area contributed by atoms with Gasteiger partial charge in [0.15, 0.2) is 0 Å². The van der Waals surface area contributed by atoms with Gasteiger partial charge in [0.25, 0.3) is 0 Å². The summed E-state index contributed by atoms with van der Waals surface area (Å²) in [4.78, 5) is 0. The number of hydrogen-bond acceptors (Lipinski definition) is 1. The molecule has 0 N–H and O–H groups in total. The average molecular weight is 349 g/mol. The lowest BCUT2D eigenvalue weighted by molar-refractivity contribution is 0.918.